The predicted molar refractivity (Wildman–Crippen MR) is 109 cm³/mol. The molecule has 0 fully saturated rings. The summed E-state index contributed by atoms with van der Waals surface area (Å²) in [6, 6.07) is 22.2. The quantitative estimate of drug-likeness (QED) is 0.272. The first-order valence-corrected chi connectivity index (χ1v) is 15.2. The van der Waals surface area contributed by atoms with Crippen LogP contribution in [0, 0.1) is 0 Å². The van der Waals surface area contributed by atoms with E-state index >= 15 is 0 Å². The van der Waals surface area contributed by atoms with Crippen LogP contribution in [0.3, 0.4) is 0 Å². The van der Waals surface area contributed by atoms with E-state index in [4.69, 9.17) is 0 Å². The van der Waals surface area contributed by atoms with Gasteiger partial charge in [0.1, 0.15) is 0 Å². The molecule has 2 aromatic rings. The summed E-state index contributed by atoms with van der Waals surface area (Å²) in [5, 5.41) is 5.86. The first kappa shape index (κ1) is 19.2. The molecule has 0 aromatic heterocycles. The van der Waals surface area contributed by atoms with Crippen molar-refractivity contribution in [1.29, 1.82) is 0 Å². The summed E-state index contributed by atoms with van der Waals surface area (Å²) >= 11 is 4.45. The fourth-order valence-electron chi connectivity index (χ4n) is 2.67. The van der Waals surface area contributed by atoms with E-state index in [9.17, 15) is 0 Å². The second-order valence-electron chi connectivity index (χ2n) is 5.81. The Hall–Kier alpha value is -0.0910. The molecule has 2 rings (SSSR count). The molecule has 2 aromatic carbocycles. The molecule has 0 aliphatic rings. The maximum absolute atomic E-state index is 3.66. The molecular weight excluding hydrogens is 429 g/mol. The minimum atomic E-state index is -1.34. The molecule has 124 valence electrons. The zero-order valence-electron chi connectivity index (χ0n) is 14.0. The van der Waals surface area contributed by atoms with Crippen molar-refractivity contribution in [2.24, 2.45) is 0 Å². The molecule has 3 heteroatoms. The van der Waals surface area contributed by atoms with Crippen molar-refractivity contribution in [3.63, 3.8) is 0 Å². The predicted octanol–water partition coefficient (Wildman–Crippen LogP) is 4.86. The third-order valence-electron chi connectivity index (χ3n) is 4.04. The Morgan fingerprint density at radius 2 is 1.35 bits per heavy atom. The van der Waals surface area contributed by atoms with Crippen molar-refractivity contribution < 1.29 is 0 Å². The average Bonchev–Trinajstić information content (AvgIpc) is 2.62. The topological polar surface area (TPSA) is 0 Å². The molecule has 0 N–H and O–H groups in total. The van der Waals surface area contributed by atoms with Gasteiger partial charge in [-0.15, -0.1) is 0 Å². The van der Waals surface area contributed by atoms with Gasteiger partial charge in [-0.3, -0.25) is 0 Å². The monoisotopic (exact) mass is 458 g/mol. The fourth-order valence-corrected chi connectivity index (χ4v) is 12.9. The Kier molecular flexibility index (Phi) is 8.96. The molecule has 0 unspecified atom stereocenters. The zero-order chi connectivity index (χ0) is 16.4. The summed E-state index contributed by atoms with van der Waals surface area (Å²) in [7, 11) is 0. The number of hydrogen-bond donors (Lipinski definition) is 0. The maximum atomic E-state index is 3.66. The van der Waals surface area contributed by atoms with Crippen molar-refractivity contribution in [3.05, 3.63) is 60.7 Å². The Morgan fingerprint density at radius 1 is 0.783 bits per heavy atom. The Bertz CT molecular complexity index is 552. The van der Waals surface area contributed by atoms with Crippen molar-refractivity contribution in [3.8, 4) is 0 Å². The van der Waals surface area contributed by atoms with Crippen LogP contribution in [0.25, 0.3) is 0 Å². The molecule has 0 saturated heterocycles. The van der Waals surface area contributed by atoms with Crippen LogP contribution >= 0.6 is 5.51 Å². The number of unbranched alkanes of at least 4 members (excludes halogenated alkanes) is 3. The van der Waals surface area contributed by atoms with Crippen LogP contribution in [-0.2, 0) is 0 Å². The Balaban J connectivity index is 2.00. The number of benzene rings is 2. The number of hydrogen-bond acceptors (Lipinski definition) is 0. The molecule has 0 heterocycles. The molecule has 0 radical (unpaired) electrons. The molecule has 0 nitrogen and oxygen atoms in total. The van der Waals surface area contributed by atoms with E-state index in [0.29, 0.717) is 0 Å². The van der Waals surface area contributed by atoms with Gasteiger partial charge < -0.3 is 0 Å². The van der Waals surface area contributed by atoms with Gasteiger partial charge in [-0.1, -0.05) is 0 Å². The number of rotatable bonds is 10. The van der Waals surface area contributed by atoms with Gasteiger partial charge in [-0.25, -0.2) is 0 Å². The van der Waals surface area contributed by atoms with Crippen LogP contribution in [0.5, 0.6) is 0 Å². The summed E-state index contributed by atoms with van der Waals surface area (Å²) < 4.78 is 0. The molecule has 0 spiro atoms. The van der Waals surface area contributed by atoms with E-state index in [1.54, 1.807) is 0 Å². The molecule has 23 heavy (non-hydrogen) atoms. The van der Waals surface area contributed by atoms with Gasteiger partial charge in [0.05, 0.1) is 0 Å². The van der Waals surface area contributed by atoms with Crippen LogP contribution < -0.4 is 10.6 Å². The summed E-state index contributed by atoms with van der Waals surface area (Å²) in [6.07, 6.45) is 6.92. The van der Waals surface area contributed by atoms with E-state index in [1.165, 1.54) is 53.1 Å². The van der Waals surface area contributed by atoms with E-state index in [0.717, 1.165) is 15.0 Å². The molecule has 0 amide bonds. The Morgan fingerprint density at radius 3 is 1.87 bits per heavy atom. The van der Waals surface area contributed by atoms with Crippen LogP contribution in [0.15, 0.2) is 60.7 Å². The standard InChI is InChI=1S/C20H27PSe2/c1-2-3-4-11-17-23-18-16-21(22,19-12-7-5-8-13-19)20-14-9-6-10-15-20/h5-10,12-15H,2-4,11,16-18H2,1H3. The zero-order valence-corrected chi connectivity index (χ0v) is 18.3. The minimum absolute atomic E-state index is 0.798. The van der Waals surface area contributed by atoms with Gasteiger partial charge in [0.15, 0.2) is 0 Å². The summed E-state index contributed by atoms with van der Waals surface area (Å²) in [5.41, 5.74) is -1.34. The van der Waals surface area contributed by atoms with Crippen LogP contribution in [0.1, 0.15) is 32.6 Å². The van der Waals surface area contributed by atoms with Crippen molar-refractivity contribution in [2.75, 3.05) is 6.16 Å². The molecule has 0 saturated carbocycles. The van der Waals surface area contributed by atoms with Gasteiger partial charge in [0.25, 0.3) is 0 Å². The molecule has 0 bridgehead atoms. The average molecular weight is 456 g/mol. The van der Waals surface area contributed by atoms with Gasteiger partial charge in [-0.2, -0.15) is 0 Å². The molecule has 0 aliphatic carbocycles. The normalized spacial score (nSPS) is 11.5. The van der Waals surface area contributed by atoms with E-state index < -0.39 is 5.51 Å². The summed E-state index contributed by atoms with van der Waals surface area (Å²) in [6.45, 7) is 2.29. The first-order valence-electron chi connectivity index (χ1n) is 8.55. The van der Waals surface area contributed by atoms with E-state index in [-0.39, 0.29) is 0 Å². The summed E-state index contributed by atoms with van der Waals surface area (Å²) in [4.78, 5) is 0. The summed E-state index contributed by atoms with van der Waals surface area (Å²) in [5.74, 6) is 0. The van der Waals surface area contributed by atoms with Gasteiger partial charge in [-0.05, 0) is 0 Å². The van der Waals surface area contributed by atoms with Crippen molar-refractivity contribution >= 4 is 46.2 Å². The van der Waals surface area contributed by atoms with Crippen LogP contribution in [-0.4, -0.2) is 36.2 Å². The van der Waals surface area contributed by atoms with Gasteiger partial charge in [0.2, 0.25) is 0 Å². The molecule has 0 atom stereocenters. The van der Waals surface area contributed by atoms with Crippen molar-refractivity contribution in [2.45, 2.75) is 43.2 Å². The van der Waals surface area contributed by atoms with E-state index in [2.05, 4.69) is 82.7 Å². The van der Waals surface area contributed by atoms with Crippen molar-refractivity contribution in [1.82, 2.24) is 0 Å². The third kappa shape index (κ3) is 6.04. The SMILES string of the molecule is CCCCCC[Se]CCP(=[Se])(c1ccccc1)c1ccccc1. The van der Waals surface area contributed by atoms with Gasteiger partial charge >= 0.3 is 156 Å². The van der Waals surface area contributed by atoms with Crippen LogP contribution in [0.4, 0.5) is 0 Å². The second kappa shape index (κ2) is 10.7. The fraction of sp³-hybridized carbons (Fsp3) is 0.400. The van der Waals surface area contributed by atoms with E-state index in [1.807, 2.05) is 0 Å². The molecule has 0 aliphatic heterocycles. The van der Waals surface area contributed by atoms with Gasteiger partial charge in [0, 0.05) is 0 Å². The second-order valence-corrected chi connectivity index (χ2v) is 15.3. The molecular formula is C20H27PSe2. The first-order chi connectivity index (χ1) is 11.3. The third-order valence-corrected chi connectivity index (χ3v) is 13.9. The van der Waals surface area contributed by atoms with Crippen LogP contribution in [0.2, 0.25) is 10.6 Å². The Labute approximate surface area is 155 Å².